The average Bonchev–Trinajstić information content (AvgIpc) is 3.57. The van der Waals surface area contributed by atoms with Crippen molar-refractivity contribution >= 4 is 80.0 Å². The van der Waals surface area contributed by atoms with Gasteiger partial charge in [0.15, 0.2) is 11.2 Å². The van der Waals surface area contributed by atoms with Crippen LogP contribution >= 0.6 is 46.7 Å². The maximum atomic E-state index is 13.6. The number of benzene rings is 1. The number of carbonyl (C=O) groups is 3. The lowest BCUT2D eigenvalue weighted by atomic mass is 10.0. The van der Waals surface area contributed by atoms with Crippen LogP contribution in [0, 0.1) is 5.82 Å². The van der Waals surface area contributed by atoms with Gasteiger partial charge in [-0.1, -0.05) is 30.0 Å². The Morgan fingerprint density at radius 3 is 2.62 bits per heavy atom. The normalized spacial score (nSPS) is 15.7. The molecule has 0 radical (unpaired) electrons. The summed E-state index contributed by atoms with van der Waals surface area (Å²) in [6.45, 7) is -0.0463. The van der Waals surface area contributed by atoms with Crippen molar-refractivity contribution in [1.29, 1.82) is 0 Å². The summed E-state index contributed by atoms with van der Waals surface area (Å²) < 4.78 is 53.0. The number of nitrogens with one attached hydrogen (secondary N) is 1. The Hall–Kier alpha value is -3.18. The van der Waals surface area contributed by atoms with E-state index < -0.39 is 41.4 Å². The van der Waals surface area contributed by atoms with E-state index in [0.717, 1.165) is 35.2 Å². The first-order valence-electron chi connectivity index (χ1n) is 10.7. The monoisotopic (exact) mass is 617 g/mol. The lowest BCUT2D eigenvalue weighted by Crippen LogP contribution is -2.31. The first kappa shape index (κ1) is 28.8. The van der Waals surface area contributed by atoms with Gasteiger partial charge in [-0.15, -0.1) is 22.7 Å². The van der Waals surface area contributed by atoms with Gasteiger partial charge in [-0.3, -0.25) is 14.5 Å². The number of halogens is 4. The summed E-state index contributed by atoms with van der Waals surface area (Å²) in [4.78, 5) is 41.9. The van der Waals surface area contributed by atoms with E-state index in [1.165, 1.54) is 33.8 Å². The number of thioether (sulfide) groups is 1. The number of hydrogen-bond donors (Lipinski definition) is 3. The number of thiocarbonyl (C=S) groups is 1. The molecule has 1 atom stereocenters. The number of hydrogen-bond acceptors (Lipinski definition) is 9. The van der Waals surface area contributed by atoms with Crippen LogP contribution in [0.1, 0.15) is 28.7 Å². The SMILES string of the molecule is O=C(CCN1C(=O)C(=Cc2cc(-c3ccc(F)c(C(F)(F)F)c3)cs2)SC1=S)Nc1nc(C(O)C(=O)O)cs1. The van der Waals surface area contributed by atoms with Gasteiger partial charge in [0.05, 0.1) is 16.2 Å². The molecule has 4 rings (SSSR count). The number of rotatable bonds is 8. The van der Waals surface area contributed by atoms with E-state index >= 15 is 0 Å². The summed E-state index contributed by atoms with van der Waals surface area (Å²) in [6, 6.07) is 4.29. The quantitative estimate of drug-likeness (QED) is 0.175. The Morgan fingerprint density at radius 1 is 1.18 bits per heavy atom. The van der Waals surface area contributed by atoms with E-state index in [-0.39, 0.29) is 38.6 Å². The van der Waals surface area contributed by atoms with Gasteiger partial charge < -0.3 is 15.5 Å². The molecule has 3 aromatic rings. The molecule has 0 spiro atoms. The molecular formula is C23H15F4N3O5S4. The standard InChI is InChI=1S/C23H15F4N3O5S4/c24-14-2-1-10(6-13(14)23(25,26)27)11-5-12(37-8-11)7-16-19(33)30(22(36)39-16)4-3-17(31)29-21-28-15(9-38-21)18(32)20(34)35/h1-2,5-9,18,32H,3-4H2,(H,34,35)(H,28,29,31). The molecule has 1 aromatic carbocycles. The van der Waals surface area contributed by atoms with Crippen molar-refractivity contribution in [3.8, 4) is 11.1 Å². The largest absolute Gasteiger partial charge is 0.479 e. The molecule has 1 aliphatic rings. The molecule has 0 saturated carbocycles. The fourth-order valence-electron chi connectivity index (χ4n) is 3.31. The Bertz CT molecular complexity index is 1500. The van der Waals surface area contributed by atoms with Gasteiger partial charge in [0.1, 0.15) is 10.1 Å². The third kappa shape index (κ3) is 6.70. The molecule has 2 amide bonds. The van der Waals surface area contributed by atoms with Crippen LogP contribution in [0.4, 0.5) is 22.7 Å². The van der Waals surface area contributed by atoms with Crippen LogP contribution in [-0.4, -0.2) is 48.7 Å². The van der Waals surface area contributed by atoms with Crippen molar-refractivity contribution in [2.45, 2.75) is 18.7 Å². The van der Waals surface area contributed by atoms with E-state index in [4.69, 9.17) is 17.3 Å². The van der Waals surface area contributed by atoms with Gasteiger partial charge in [0.25, 0.3) is 5.91 Å². The molecule has 3 N–H and O–H groups in total. The average molecular weight is 618 g/mol. The number of nitrogens with zero attached hydrogens (tertiary/aromatic N) is 2. The molecule has 16 heteroatoms. The number of carbonyl (C=O) groups excluding carboxylic acids is 2. The summed E-state index contributed by atoms with van der Waals surface area (Å²) in [5, 5.41) is 23.7. The summed E-state index contributed by atoms with van der Waals surface area (Å²) in [5.74, 6) is -3.81. The van der Waals surface area contributed by atoms with Gasteiger partial charge in [-0.25, -0.2) is 14.2 Å². The minimum atomic E-state index is -4.84. The number of aliphatic carboxylic acids is 1. The van der Waals surface area contributed by atoms with Gasteiger partial charge >= 0.3 is 12.1 Å². The van der Waals surface area contributed by atoms with Crippen LogP contribution in [0.3, 0.4) is 0 Å². The molecule has 2 aromatic heterocycles. The Kier molecular flexibility index (Phi) is 8.51. The van der Waals surface area contributed by atoms with Crippen LogP contribution in [0.25, 0.3) is 17.2 Å². The van der Waals surface area contributed by atoms with Crippen molar-refractivity contribution < 1.29 is 42.2 Å². The molecular weight excluding hydrogens is 603 g/mol. The van der Waals surface area contributed by atoms with Crippen molar-refractivity contribution in [1.82, 2.24) is 9.88 Å². The highest BCUT2D eigenvalue weighted by Crippen LogP contribution is 2.37. The van der Waals surface area contributed by atoms with Gasteiger partial charge in [-0.2, -0.15) is 13.2 Å². The van der Waals surface area contributed by atoms with Crippen LogP contribution in [0.2, 0.25) is 0 Å². The second-order valence-electron chi connectivity index (χ2n) is 7.88. The van der Waals surface area contributed by atoms with Crippen LogP contribution in [0.15, 0.2) is 39.9 Å². The predicted octanol–water partition coefficient (Wildman–Crippen LogP) is 5.38. The molecule has 1 unspecified atom stereocenters. The zero-order valence-corrected chi connectivity index (χ0v) is 22.5. The maximum absolute atomic E-state index is 13.6. The van der Waals surface area contributed by atoms with Crippen molar-refractivity contribution in [2.75, 3.05) is 11.9 Å². The molecule has 1 aliphatic heterocycles. The lowest BCUT2D eigenvalue weighted by molar-refractivity contribution is -0.147. The number of aliphatic hydroxyl groups is 1. The summed E-state index contributed by atoms with van der Waals surface area (Å²) in [6.07, 6.45) is -5.27. The minimum Gasteiger partial charge on any atom is -0.479 e. The number of amides is 2. The van der Waals surface area contributed by atoms with E-state index in [2.05, 4.69) is 10.3 Å². The molecule has 0 bridgehead atoms. The smallest absolute Gasteiger partial charge is 0.419 e. The molecule has 1 saturated heterocycles. The fourth-order valence-corrected chi connectivity index (χ4v) is 6.28. The number of aromatic nitrogens is 1. The van der Waals surface area contributed by atoms with E-state index in [0.29, 0.717) is 10.4 Å². The predicted molar refractivity (Wildman–Crippen MR) is 143 cm³/mol. The number of alkyl halides is 3. The minimum absolute atomic E-state index is 0.0463. The van der Waals surface area contributed by atoms with Crippen molar-refractivity contribution in [3.63, 3.8) is 0 Å². The molecule has 0 aliphatic carbocycles. The first-order valence-corrected chi connectivity index (χ1v) is 13.7. The number of carboxylic acid groups (broad SMARTS) is 1. The van der Waals surface area contributed by atoms with Gasteiger partial charge in [-0.05, 0) is 40.8 Å². The molecule has 8 nitrogen and oxygen atoms in total. The molecule has 1 fully saturated rings. The van der Waals surface area contributed by atoms with E-state index in [9.17, 15) is 37.1 Å². The zero-order chi connectivity index (χ0) is 28.5. The lowest BCUT2D eigenvalue weighted by Gasteiger charge is -2.13. The number of aliphatic hydroxyl groups excluding tert-OH is 1. The van der Waals surface area contributed by atoms with E-state index in [1.54, 1.807) is 11.4 Å². The molecule has 3 heterocycles. The highest BCUT2D eigenvalue weighted by atomic mass is 32.2. The van der Waals surface area contributed by atoms with Crippen LogP contribution in [-0.2, 0) is 20.6 Å². The molecule has 39 heavy (non-hydrogen) atoms. The van der Waals surface area contributed by atoms with Gasteiger partial charge in [0, 0.05) is 23.2 Å². The van der Waals surface area contributed by atoms with Crippen LogP contribution in [0.5, 0.6) is 0 Å². The third-order valence-electron chi connectivity index (χ3n) is 5.22. The second-order valence-corrected chi connectivity index (χ2v) is 11.4. The number of thiophene rings is 1. The van der Waals surface area contributed by atoms with Crippen LogP contribution < -0.4 is 5.32 Å². The second kappa shape index (κ2) is 11.5. The van der Waals surface area contributed by atoms with Crippen molar-refractivity contribution in [3.05, 3.63) is 61.9 Å². The maximum Gasteiger partial charge on any atom is 0.419 e. The number of anilines is 1. The number of thiazole rings is 1. The Labute approximate surface area is 235 Å². The molecule has 204 valence electrons. The highest BCUT2D eigenvalue weighted by Gasteiger charge is 2.35. The summed E-state index contributed by atoms with van der Waals surface area (Å²) >= 11 is 8.37. The Morgan fingerprint density at radius 2 is 1.92 bits per heavy atom. The summed E-state index contributed by atoms with van der Waals surface area (Å²) in [5.41, 5.74) is -0.902. The van der Waals surface area contributed by atoms with Crippen molar-refractivity contribution in [2.24, 2.45) is 0 Å². The Balaban J connectivity index is 1.39. The fraction of sp³-hybridized carbons (Fsp3) is 0.174. The topological polar surface area (TPSA) is 120 Å². The first-order chi connectivity index (χ1) is 18.3. The summed E-state index contributed by atoms with van der Waals surface area (Å²) in [7, 11) is 0. The van der Waals surface area contributed by atoms with Gasteiger partial charge in [0.2, 0.25) is 5.91 Å². The highest BCUT2D eigenvalue weighted by molar-refractivity contribution is 8.26. The van der Waals surface area contributed by atoms with E-state index in [1.807, 2.05) is 0 Å². The zero-order valence-electron chi connectivity index (χ0n) is 19.2. The third-order valence-corrected chi connectivity index (χ3v) is 8.25. The number of carboxylic acids is 1.